The monoisotopic (exact) mass is 281 g/mol. The lowest BCUT2D eigenvalue weighted by atomic mass is 9.90. The highest BCUT2D eigenvalue weighted by Gasteiger charge is 2.54. The fourth-order valence-electron chi connectivity index (χ4n) is 2.41. The number of cyclic esters (lactones) is 1. The summed E-state index contributed by atoms with van der Waals surface area (Å²) in [6.45, 7) is 0.634. The Morgan fingerprint density at radius 2 is 2.00 bits per heavy atom. The summed E-state index contributed by atoms with van der Waals surface area (Å²) < 4.78 is 6.39. The van der Waals surface area contributed by atoms with Gasteiger partial charge in [-0.05, 0) is 30.5 Å². The van der Waals surface area contributed by atoms with Gasteiger partial charge in [-0.15, -0.1) is 0 Å². The van der Waals surface area contributed by atoms with Crippen molar-refractivity contribution < 1.29 is 9.53 Å². The van der Waals surface area contributed by atoms with E-state index in [4.69, 9.17) is 4.74 Å². The highest BCUT2D eigenvalue weighted by molar-refractivity contribution is 9.10. The number of carbonyl (C=O) groups is 1. The molecule has 1 atom stereocenters. The Morgan fingerprint density at radius 3 is 2.50 bits per heavy atom. The SMILES string of the molecule is O=C1NCC(C2(c3ccc(Br)cc3)CC2)O1. The van der Waals surface area contributed by atoms with Crippen LogP contribution in [0.15, 0.2) is 28.7 Å². The number of halogens is 1. The standard InChI is InChI=1S/C12H12BrNO2/c13-9-3-1-8(2-4-9)12(5-6-12)10-7-14-11(15)16-10/h1-4,10H,5-7H2,(H,14,15). The molecular weight excluding hydrogens is 270 g/mol. The van der Waals surface area contributed by atoms with Gasteiger partial charge in [0.15, 0.2) is 0 Å². The van der Waals surface area contributed by atoms with Crippen molar-refractivity contribution in [3.63, 3.8) is 0 Å². The molecular formula is C12H12BrNO2. The minimum absolute atomic E-state index is 0.00109. The Hall–Kier alpha value is -1.03. The third-order valence-electron chi connectivity index (χ3n) is 3.51. The van der Waals surface area contributed by atoms with Crippen molar-refractivity contribution >= 4 is 22.0 Å². The van der Waals surface area contributed by atoms with Crippen LogP contribution in [0.4, 0.5) is 4.79 Å². The van der Waals surface area contributed by atoms with Crippen molar-refractivity contribution in [1.82, 2.24) is 5.32 Å². The zero-order valence-corrected chi connectivity index (χ0v) is 10.3. The van der Waals surface area contributed by atoms with Gasteiger partial charge in [0.05, 0.1) is 6.54 Å². The number of hydrogen-bond donors (Lipinski definition) is 1. The first-order chi connectivity index (χ1) is 7.71. The second-order valence-electron chi connectivity index (χ2n) is 4.44. The second kappa shape index (κ2) is 3.48. The van der Waals surface area contributed by atoms with Gasteiger partial charge in [-0.3, -0.25) is 0 Å². The Labute approximate surface area is 102 Å². The first-order valence-electron chi connectivity index (χ1n) is 5.41. The molecule has 1 aromatic rings. The Morgan fingerprint density at radius 1 is 1.31 bits per heavy atom. The number of ether oxygens (including phenoxy) is 1. The van der Waals surface area contributed by atoms with Gasteiger partial charge < -0.3 is 10.1 Å². The first kappa shape index (κ1) is 10.1. The first-order valence-corrected chi connectivity index (χ1v) is 6.20. The molecule has 0 aromatic heterocycles. The molecule has 84 valence electrons. The van der Waals surface area contributed by atoms with E-state index in [0.29, 0.717) is 6.54 Å². The summed E-state index contributed by atoms with van der Waals surface area (Å²) in [6.07, 6.45) is 1.93. The number of nitrogens with one attached hydrogen (secondary N) is 1. The number of hydrogen-bond acceptors (Lipinski definition) is 2. The topological polar surface area (TPSA) is 38.3 Å². The van der Waals surface area contributed by atoms with E-state index in [0.717, 1.165) is 17.3 Å². The van der Waals surface area contributed by atoms with Crippen LogP contribution in [0.1, 0.15) is 18.4 Å². The fourth-order valence-corrected chi connectivity index (χ4v) is 2.67. The van der Waals surface area contributed by atoms with Crippen LogP contribution < -0.4 is 5.32 Å². The normalized spacial score (nSPS) is 26.1. The van der Waals surface area contributed by atoms with Crippen molar-refractivity contribution in [3.8, 4) is 0 Å². The zero-order valence-electron chi connectivity index (χ0n) is 8.70. The lowest BCUT2D eigenvalue weighted by Gasteiger charge is -2.21. The molecule has 1 amide bonds. The number of alkyl carbamates (subject to hydrolysis) is 1. The highest BCUT2D eigenvalue weighted by Crippen LogP contribution is 2.52. The van der Waals surface area contributed by atoms with Crippen molar-refractivity contribution in [2.45, 2.75) is 24.4 Å². The van der Waals surface area contributed by atoms with Gasteiger partial charge in [0.1, 0.15) is 6.10 Å². The number of benzene rings is 1. The third kappa shape index (κ3) is 1.52. The van der Waals surface area contributed by atoms with Gasteiger partial charge in [-0.25, -0.2) is 4.79 Å². The minimum atomic E-state index is -0.284. The summed E-state index contributed by atoms with van der Waals surface area (Å²) >= 11 is 3.43. The molecule has 16 heavy (non-hydrogen) atoms. The van der Waals surface area contributed by atoms with Crippen LogP contribution in [0.25, 0.3) is 0 Å². The predicted octanol–water partition coefficient (Wildman–Crippen LogP) is 2.59. The Kier molecular flexibility index (Phi) is 2.21. The van der Waals surface area contributed by atoms with E-state index in [1.807, 2.05) is 12.1 Å². The smallest absolute Gasteiger partial charge is 0.407 e. The molecule has 3 nitrogen and oxygen atoms in total. The van der Waals surface area contributed by atoms with Crippen LogP contribution in [-0.4, -0.2) is 18.7 Å². The largest absolute Gasteiger partial charge is 0.443 e. The molecule has 0 radical (unpaired) electrons. The van der Waals surface area contributed by atoms with E-state index in [1.165, 1.54) is 5.56 Å². The van der Waals surface area contributed by atoms with Gasteiger partial charge >= 0.3 is 6.09 Å². The lowest BCUT2D eigenvalue weighted by molar-refractivity contribution is 0.119. The fraction of sp³-hybridized carbons (Fsp3) is 0.417. The molecule has 4 heteroatoms. The molecule has 1 aliphatic heterocycles. The third-order valence-corrected chi connectivity index (χ3v) is 4.03. The predicted molar refractivity (Wildman–Crippen MR) is 63.3 cm³/mol. The average molecular weight is 282 g/mol. The van der Waals surface area contributed by atoms with Crippen LogP contribution in [0.5, 0.6) is 0 Å². The van der Waals surface area contributed by atoms with E-state index in [2.05, 4.69) is 33.4 Å². The molecule has 1 saturated carbocycles. The molecule has 1 saturated heterocycles. The number of carbonyl (C=O) groups excluding carboxylic acids is 1. The second-order valence-corrected chi connectivity index (χ2v) is 5.35. The molecule has 0 spiro atoms. The van der Waals surface area contributed by atoms with Gasteiger partial charge in [0.2, 0.25) is 0 Å². The zero-order chi connectivity index (χ0) is 11.2. The minimum Gasteiger partial charge on any atom is -0.443 e. The number of amides is 1. The van der Waals surface area contributed by atoms with Crippen LogP contribution in [-0.2, 0) is 10.2 Å². The highest BCUT2D eigenvalue weighted by atomic mass is 79.9. The molecule has 2 aliphatic rings. The Bertz CT molecular complexity index is 425. The maximum absolute atomic E-state index is 11.1. The molecule has 1 heterocycles. The van der Waals surface area contributed by atoms with E-state index in [9.17, 15) is 4.79 Å². The summed E-state index contributed by atoms with van der Waals surface area (Å²) in [5, 5.41) is 2.73. The van der Waals surface area contributed by atoms with E-state index in [1.54, 1.807) is 0 Å². The average Bonchev–Trinajstić information content (AvgIpc) is 2.97. The molecule has 2 fully saturated rings. The van der Waals surface area contributed by atoms with Gasteiger partial charge in [-0.1, -0.05) is 28.1 Å². The van der Waals surface area contributed by atoms with Gasteiger partial charge in [0.25, 0.3) is 0 Å². The summed E-state index contributed by atoms with van der Waals surface area (Å²) in [6, 6.07) is 8.31. The van der Waals surface area contributed by atoms with E-state index in [-0.39, 0.29) is 17.6 Å². The van der Waals surface area contributed by atoms with Crippen LogP contribution >= 0.6 is 15.9 Å². The molecule has 1 N–H and O–H groups in total. The van der Waals surface area contributed by atoms with Crippen molar-refractivity contribution in [2.75, 3.05) is 6.54 Å². The van der Waals surface area contributed by atoms with Crippen molar-refractivity contribution in [3.05, 3.63) is 34.3 Å². The summed E-state index contributed by atoms with van der Waals surface area (Å²) in [4.78, 5) is 11.1. The Balaban J connectivity index is 1.88. The molecule has 1 unspecified atom stereocenters. The maximum Gasteiger partial charge on any atom is 0.407 e. The van der Waals surface area contributed by atoms with Crippen LogP contribution in [0, 0.1) is 0 Å². The van der Waals surface area contributed by atoms with Crippen molar-refractivity contribution in [1.29, 1.82) is 0 Å². The van der Waals surface area contributed by atoms with E-state index >= 15 is 0 Å². The van der Waals surface area contributed by atoms with Crippen LogP contribution in [0.2, 0.25) is 0 Å². The summed E-state index contributed by atoms with van der Waals surface area (Å²) in [5.74, 6) is 0. The quantitative estimate of drug-likeness (QED) is 0.905. The van der Waals surface area contributed by atoms with Gasteiger partial charge in [-0.2, -0.15) is 0 Å². The van der Waals surface area contributed by atoms with E-state index < -0.39 is 0 Å². The molecule has 1 aliphatic carbocycles. The summed E-state index contributed by atoms with van der Waals surface area (Å²) in [5.41, 5.74) is 1.34. The van der Waals surface area contributed by atoms with Crippen LogP contribution in [0.3, 0.4) is 0 Å². The molecule has 1 aromatic carbocycles. The van der Waals surface area contributed by atoms with Gasteiger partial charge in [0, 0.05) is 9.89 Å². The summed E-state index contributed by atoms with van der Waals surface area (Å²) in [7, 11) is 0. The molecule has 3 rings (SSSR count). The number of rotatable bonds is 2. The molecule has 0 bridgehead atoms. The maximum atomic E-state index is 11.1. The lowest BCUT2D eigenvalue weighted by Crippen LogP contribution is -2.29. The van der Waals surface area contributed by atoms with Crippen molar-refractivity contribution in [2.24, 2.45) is 0 Å².